The van der Waals surface area contributed by atoms with E-state index in [1.54, 1.807) is 13.1 Å². The van der Waals surface area contributed by atoms with E-state index < -0.39 is 11.4 Å². The second kappa shape index (κ2) is 5.31. The molecule has 0 spiro atoms. The minimum atomic E-state index is -0.979. The van der Waals surface area contributed by atoms with E-state index >= 15 is 0 Å². The third-order valence-corrected chi connectivity index (χ3v) is 2.98. The van der Waals surface area contributed by atoms with Crippen molar-refractivity contribution in [2.45, 2.75) is 51.6 Å². The van der Waals surface area contributed by atoms with Gasteiger partial charge in [-0.3, -0.25) is 4.79 Å². The van der Waals surface area contributed by atoms with Crippen LogP contribution in [0.2, 0.25) is 0 Å². The van der Waals surface area contributed by atoms with Crippen molar-refractivity contribution in [3.8, 4) is 0 Å². The molecule has 5 heteroatoms. The number of hydrogen-bond donors (Lipinski definition) is 2. The fourth-order valence-corrected chi connectivity index (χ4v) is 1.98. The molecular formula is C12H22N4O. The van der Waals surface area contributed by atoms with Crippen LogP contribution >= 0.6 is 0 Å². The molecule has 2 atom stereocenters. The van der Waals surface area contributed by atoms with Gasteiger partial charge in [0.1, 0.15) is 5.82 Å². The first-order valence-corrected chi connectivity index (χ1v) is 5.99. The van der Waals surface area contributed by atoms with Crippen LogP contribution in [0.5, 0.6) is 0 Å². The monoisotopic (exact) mass is 238 g/mol. The molecule has 4 N–H and O–H groups in total. The van der Waals surface area contributed by atoms with E-state index in [0.717, 1.165) is 18.7 Å². The Hall–Kier alpha value is -1.36. The molecule has 1 heterocycles. The summed E-state index contributed by atoms with van der Waals surface area (Å²) >= 11 is 0. The van der Waals surface area contributed by atoms with Crippen LogP contribution in [0, 0.1) is 0 Å². The Morgan fingerprint density at radius 2 is 2.29 bits per heavy atom. The highest BCUT2D eigenvalue weighted by atomic mass is 16.1. The molecule has 0 aliphatic carbocycles. The van der Waals surface area contributed by atoms with Gasteiger partial charge in [0.2, 0.25) is 5.91 Å². The molecular weight excluding hydrogens is 216 g/mol. The molecule has 0 aromatic carbocycles. The summed E-state index contributed by atoms with van der Waals surface area (Å²) in [6.07, 6.45) is 6.18. The molecule has 0 aliphatic rings. The van der Waals surface area contributed by atoms with Gasteiger partial charge in [-0.25, -0.2) is 4.98 Å². The highest BCUT2D eigenvalue weighted by molar-refractivity contribution is 5.83. The molecule has 1 aromatic heterocycles. The van der Waals surface area contributed by atoms with E-state index in [1.807, 2.05) is 13.1 Å². The first kappa shape index (κ1) is 13.7. The number of hydrogen-bond acceptors (Lipinski definition) is 3. The molecule has 0 bridgehead atoms. The van der Waals surface area contributed by atoms with Crippen LogP contribution in [0.4, 0.5) is 0 Å². The summed E-state index contributed by atoms with van der Waals surface area (Å²) in [5.74, 6) is 0.557. The molecule has 1 rings (SSSR count). The maximum Gasteiger partial charge on any atom is 0.237 e. The molecule has 17 heavy (non-hydrogen) atoms. The molecule has 5 nitrogen and oxygen atoms in total. The Morgan fingerprint density at radius 1 is 1.65 bits per heavy atom. The summed E-state index contributed by atoms with van der Waals surface area (Å²) in [6, 6.07) is 0.113. The van der Waals surface area contributed by atoms with Gasteiger partial charge in [0, 0.05) is 24.9 Å². The van der Waals surface area contributed by atoms with Gasteiger partial charge in [0.25, 0.3) is 0 Å². The van der Waals surface area contributed by atoms with Gasteiger partial charge in [-0.1, -0.05) is 6.92 Å². The van der Waals surface area contributed by atoms with Crippen molar-refractivity contribution in [3.05, 3.63) is 18.2 Å². The molecule has 2 unspecified atom stereocenters. The van der Waals surface area contributed by atoms with Crippen LogP contribution in [0.15, 0.2) is 12.4 Å². The number of nitrogens with zero attached hydrogens (tertiary/aromatic N) is 2. The topological polar surface area (TPSA) is 86.9 Å². The SMILES string of the molecule is CCCc1nccn1C(C)CC(C)(N)C(N)=O. The van der Waals surface area contributed by atoms with Crippen molar-refractivity contribution < 1.29 is 4.79 Å². The lowest BCUT2D eigenvalue weighted by atomic mass is 9.94. The molecule has 1 aromatic rings. The predicted molar refractivity (Wildman–Crippen MR) is 67.3 cm³/mol. The number of carbonyl (C=O) groups excluding carboxylic acids is 1. The van der Waals surface area contributed by atoms with Crippen molar-refractivity contribution in [2.75, 3.05) is 0 Å². The van der Waals surface area contributed by atoms with Gasteiger partial charge in [-0.05, 0) is 26.7 Å². The van der Waals surface area contributed by atoms with E-state index in [1.165, 1.54) is 0 Å². The third kappa shape index (κ3) is 3.30. The van der Waals surface area contributed by atoms with E-state index in [9.17, 15) is 4.79 Å². The summed E-state index contributed by atoms with van der Waals surface area (Å²) in [7, 11) is 0. The Balaban J connectivity index is 2.79. The highest BCUT2D eigenvalue weighted by Crippen LogP contribution is 2.20. The van der Waals surface area contributed by atoms with Gasteiger partial charge < -0.3 is 16.0 Å². The van der Waals surface area contributed by atoms with E-state index in [2.05, 4.69) is 16.5 Å². The van der Waals surface area contributed by atoms with Crippen LogP contribution in [0.3, 0.4) is 0 Å². The van der Waals surface area contributed by atoms with Crippen molar-refractivity contribution in [2.24, 2.45) is 11.5 Å². The Morgan fingerprint density at radius 3 is 2.82 bits per heavy atom. The number of imidazole rings is 1. The Labute approximate surface area is 102 Å². The predicted octanol–water partition coefficient (Wildman–Crippen LogP) is 0.989. The fraction of sp³-hybridized carbons (Fsp3) is 0.667. The van der Waals surface area contributed by atoms with Gasteiger partial charge >= 0.3 is 0 Å². The molecule has 0 saturated carbocycles. The second-order valence-electron chi connectivity index (χ2n) is 4.84. The van der Waals surface area contributed by atoms with Crippen LogP contribution in [0.25, 0.3) is 0 Å². The smallest absolute Gasteiger partial charge is 0.237 e. The first-order valence-electron chi connectivity index (χ1n) is 5.99. The van der Waals surface area contributed by atoms with Crippen molar-refractivity contribution in [1.29, 1.82) is 0 Å². The normalized spacial score (nSPS) is 16.5. The summed E-state index contributed by atoms with van der Waals surface area (Å²) in [4.78, 5) is 15.5. The molecule has 0 fully saturated rings. The van der Waals surface area contributed by atoms with Crippen molar-refractivity contribution in [1.82, 2.24) is 9.55 Å². The lowest BCUT2D eigenvalue weighted by Gasteiger charge is -2.26. The molecule has 0 saturated heterocycles. The van der Waals surface area contributed by atoms with Gasteiger partial charge in [0.05, 0.1) is 5.54 Å². The zero-order chi connectivity index (χ0) is 13.1. The number of aryl methyl sites for hydroxylation is 1. The largest absolute Gasteiger partial charge is 0.368 e. The van der Waals surface area contributed by atoms with E-state index in [0.29, 0.717) is 6.42 Å². The highest BCUT2D eigenvalue weighted by Gasteiger charge is 2.28. The number of rotatable bonds is 6. The Bertz CT molecular complexity index is 384. The van der Waals surface area contributed by atoms with E-state index in [4.69, 9.17) is 11.5 Å². The number of amides is 1. The van der Waals surface area contributed by atoms with E-state index in [-0.39, 0.29) is 6.04 Å². The lowest BCUT2D eigenvalue weighted by molar-refractivity contribution is -0.123. The summed E-state index contributed by atoms with van der Waals surface area (Å²) in [5, 5.41) is 0. The molecule has 1 amide bonds. The molecule has 96 valence electrons. The number of nitrogens with two attached hydrogens (primary N) is 2. The van der Waals surface area contributed by atoms with Crippen LogP contribution in [-0.4, -0.2) is 21.0 Å². The first-order chi connectivity index (χ1) is 7.88. The Kier molecular flexibility index (Phi) is 4.28. The lowest BCUT2D eigenvalue weighted by Crippen LogP contribution is -2.50. The number of primary amides is 1. The quantitative estimate of drug-likeness (QED) is 0.774. The summed E-state index contributed by atoms with van der Waals surface area (Å²) in [6.45, 7) is 5.80. The van der Waals surface area contributed by atoms with Crippen molar-refractivity contribution in [3.63, 3.8) is 0 Å². The van der Waals surface area contributed by atoms with Crippen LogP contribution in [-0.2, 0) is 11.2 Å². The third-order valence-electron chi connectivity index (χ3n) is 2.98. The second-order valence-corrected chi connectivity index (χ2v) is 4.84. The van der Waals surface area contributed by atoms with Crippen molar-refractivity contribution >= 4 is 5.91 Å². The van der Waals surface area contributed by atoms with Gasteiger partial charge in [0.15, 0.2) is 0 Å². The number of aromatic nitrogens is 2. The standard InChI is InChI=1S/C12H22N4O/c1-4-5-10-15-6-7-16(10)9(2)8-12(3,14)11(13)17/h6-7,9H,4-5,8,14H2,1-3H3,(H2,13,17). The maximum atomic E-state index is 11.2. The molecule has 0 aliphatic heterocycles. The molecule has 0 radical (unpaired) electrons. The number of carbonyl (C=O) groups is 1. The summed E-state index contributed by atoms with van der Waals surface area (Å²) in [5.41, 5.74) is 10.2. The zero-order valence-electron chi connectivity index (χ0n) is 10.8. The zero-order valence-corrected chi connectivity index (χ0v) is 10.8. The average Bonchev–Trinajstić information content (AvgIpc) is 2.65. The fourth-order valence-electron chi connectivity index (χ4n) is 1.98. The van der Waals surface area contributed by atoms with Crippen LogP contribution in [0.1, 0.15) is 45.5 Å². The van der Waals surface area contributed by atoms with Gasteiger partial charge in [-0.15, -0.1) is 0 Å². The van der Waals surface area contributed by atoms with Gasteiger partial charge in [-0.2, -0.15) is 0 Å². The minimum absolute atomic E-state index is 0.113. The summed E-state index contributed by atoms with van der Waals surface area (Å²) < 4.78 is 2.07. The van der Waals surface area contributed by atoms with Crippen LogP contribution < -0.4 is 11.5 Å². The minimum Gasteiger partial charge on any atom is -0.368 e. The maximum absolute atomic E-state index is 11.2. The average molecular weight is 238 g/mol.